The monoisotopic (exact) mass is 397 g/mol. The van der Waals surface area contributed by atoms with E-state index in [1.807, 2.05) is 49.9 Å². The highest BCUT2D eigenvalue weighted by atomic mass is 16.5. The molecule has 0 radical (unpaired) electrons. The summed E-state index contributed by atoms with van der Waals surface area (Å²) in [5.41, 5.74) is 3.31. The number of aliphatic carboxylic acids is 1. The number of hydrogen-bond acceptors (Lipinski definition) is 4. The molecule has 2 aromatic carbocycles. The molecule has 0 aliphatic carbocycles. The lowest BCUT2D eigenvalue weighted by Crippen LogP contribution is -2.41. The lowest BCUT2D eigenvalue weighted by atomic mass is 10.0. The fourth-order valence-corrected chi connectivity index (χ4v) is 3.60. The standard InChI is InChI=1S/C23H27NO5/c1-15-4-6-19(7-5-15)29-20-8-10-24(11-9-20)23(27)18-12-16(2)22(17(3)13-18)28-14-21(25)26/h4-7,12-13,20H,8-11,14H2,1-3H3,(H,25,26). The van der Waals surface area contributed by atoms with E-state index in [1.54, 1.807) is 12.1 Å². The minimum absolute atomic E-state index is 0.0187. The molecule has 2 aromatic rings. The summed E-state index contributed by atoms with van der Waals surface area (Å²) in [6.07, 6.45) is 1.69. The Morgan fingerprint density at radius 1 is 1.03 bits per heavy atom. The maximum absolute atomic E-state index is 12.9. The zero-order valence-electron chi connectivity index (χ0n) is 17.1. The number of nitrogens with zero attached hydrogens (tertiary/aromatic N) is 1. The van der Waals surface area contributed by atoms with Crippen molar-refractivity contribution in [1.29, 1.82) is 0 Å². The van der Waals surface area contributed by atoms with E-state index in [0.717, 1.165) is 29.7 Å². The Labute approximate surface area is 171 Å². The highest BCUT2D eigenvalue weighted by molar-refractivity contribution is 5.95. The van der Waals surface area contributed by atoms with Crippen molar-refractivity contribution in [2.75, 3.05) is 19.7 Å². The van der Waals surface area contributed by atoms with Gasteiger partial charge in [0.15, 0.2) is 6.61 Å². The van der Waals surface area contributed by atoms with Gasteiger partial charge in [-0.1, -0.05) is 17.7 Å². The third-order valence-corrected chi connectivity index (χ3v) is 5.10. The smallest absolute Gasteiger partial charge is 0.341 e. The second-order valence-electron chi connectivity index (χ2n) is 7.54. The summed E-state index contributed by atoms with van der Waals surface area (Å²) in [5, 5.41) is 8.80. The van der Waals surface area contributed by atoms with Crippen LogP contribution in [0.4, 0.5) is 0 Å². The molecule has 0 spiro atoms. The molecule has 1 aliphatic rings. The molecular weight excluding hydrogens is 370 g/mol. The van der Waals surface area contributed by atoms with Crippen LogP contribution in [0, 0.1) is 20.8 Å². The first-order valence-corrected chi connectivity index (χ1v) is 9.82. The SMILES string of the molecule is Cc1ccc(OC2CCN(C(=O)c3cc(C)c(OCC(=O)O)c(C)c3)CC2)cc1. The largest absolute Gasteiger partial charge is 0.490 e. The van der Waals surface area contributed by atoms with Crippen LogP contribution >= 0.6 is 0 Å². The van der Waals surface area contributed by atoms with Gasteiger partial charge in [0.1, 0.15) is 17.6 Å². The molecule has 1 aliphatic heterocycles. The van der Waals surface area contributed by atoms with E-state index in [4.69, 9.17) is 14.6 Å². The van der Waals surface area contributed by atoms with Gasteiger partial charge in [0.05, 0.1) is 0 Å². The molecule has 6 heteroatoms. The molecule has 0 atom stereocenters. The van der Waals surface area contributed by atoms with E-state index in [-0.39, 0.29) is 12.0 Å². The van der Waals surface area contributed by atoms with E-state index in [9.17, 15) is 9.59 Å². The summed E-state index contributed by atoms with van der Waals surface area (Å²) in [6, 6.07) is 11.5. The van der Waals surface area contributed by atoms with Crippen LogP contribution in [0.5, 0.6) is 11.5 Å². The molecule has 1 heterocycles. The number of likely N-dealkylation sites (tertiary alicyclic amines) is 1. The highest BCUT2D eigenvalue weighted by Gasteiger charge is 2.25. The third kappa shape index (κ3) is 5.28. The average Bonchev–Trinajstić information content (AvgIpc) is 2.69. The van der Waals surface area contributed by atoms with Gasteiger partial charge in [0.2, 0.25) is 0 Å². The first-order valence-electron chi connectivity index (χ1n) is 9.82. The third-order valence-electron chi connectivity index (χ3n) is 5.10. The molecule has 154 valence electrons. The zero-order valence-corrected chi connectivity index (χ0v) is 17.1. The van der Waals surface area contributed by atoms with E-state index in [0.29, 0.717) is 24.4 Å². The number of hydrogen-bond donors (Lipinski definition) is 1. The van der Waals surface area contributed by atoms with Crippen molar-refractivity contribution in [2.24, 2.45) is 0 Å². The van der Waals surface area contributed by atoms with E-state index in [2.05, 4.69) is 0 Å². The molecule has 1 N–H and O–H groups in total. The predicted octanol–water partition coefficient (Wildman–Crippen LogP) is 3.76. The summed E-state index contributed by atoms with van der Waals surface area (Å²) in [7, 11) is 0. The quantitative estimate of drug-likeness (QED) is 0.803. The normalized spacial score (nSPS) is 14.5. The van der Waals surface area contributed by atoms with Gasteiger partial charge in [0, 0.05) is 31.5 Å². The molecule has 0 aromatic heterocycles. The Morgan fingerprint density at radius 2 is 1.62 bits per heavy atom. The van der Waals surface area contributed by atoms with Crippen molar-refractivity contribution >= 4 is 11.9 Å². The van der Waals surface area contributed by atoms with Crippen LogP contribution in [0.3, 0.4) is 0 Å². The Morgan fingerprint density at radius 3 is 2.17 bits per heavy atom. The van der Waals surface area contributed by atoms with Crippen molar-refractivity contribution in [3.05, 3.63) is 58.7 Å². The summed E-state index contributed by atoms with van der Waals surface area (Å²) < 4.78 is 11.4. The van der Waals surface area contributed by atoms with Crippen molar-refractivity contribution in [2.45, 2.75) is 39.7 Å². The van der Waals surface area contributed by atoms with Gasteiger partial charge >= 0.3 is 5.97 Å². The minimum atomic E-state index is -1.03. The number of carboxylic acid groups (broad SMARTS) is 1. The van der Waals surface area contributed by atoms with Gasteiger partial charge in [-0.25, -0.2) is 4.79 Å². The maximum atomic E-state index is 12.9. The predicted molar refractivity (Wildman–Crippen MR) is 110 cm³/mol. The lowest BCUT2D eigenvalue weighted by Gasteiger charge is -2.32. The van der Waals surface area contributed by atoms with Gasteiger partial charge in [-0.3, -0.25) is 4.79 Å². The molecule has 6 nitrogen and oxygen atoms in total. The Hall–Kier alpha value is -3.02. The van der Waals surface area contributed by atoms with Crippen LogP contribution in [-0.4, -0.2) is 47.7 Å². The molecule has 0 bridgehead atoms. The van der Waals surface area contributed by atoms with Crippen molar-refractivity contribution in [3.63, 3.8) is 0 Å². The highest BCUT2D eigenvalue weighted by Crippen LogP contribution is 2.27. The average molecular weight is 397 g/mol. The van der Waals surface area contributed by atoms with Crippen LogP contribution < -0.4 is 9.47 Å². The van der Waals surface area contributed by atoms with Crippen LogP contribution in [0.2, 0.25) is 0 Å². The van der Waals surface area contributed by atoms with Crippen LogP contribution in [-0.2, 0) is 4.79 Å². The van der Waals surface area contributed by atoms with E-state index >= 15 is 0 Å². The minimum Gasteiger partial charge on any atom is -0.490 e. The van der Waals surface area contributed by atoms with Crippen molar-refractivity contribution in [3.8, 4) is 11.5 Å². The van der Waals surface area contributed by atoms with Crippen LogP contribution in [0.25, 0.3) is 0 Å². The molecule has 1 amide bonds. The van der Waals surface area contributed by atoms with E-state index < -0.39 is 12.6 Å². The first kappa shape index (κ1) is 20.7. The van der Waals surface area contributed by atoms with Crippen molar-refractivity contribution in [1.82, 2.24) is 4.90 Å². The zero-order chi connectivity index (χ0) is 21.0. The maximum Gasteiger partial charge on any atom is 0.341 e. The first-order chi connectivity index (χ1) is 13.8. The number of carbonyl (C=O) groups is 2. The van der Waals surface area contributed by atoms with Crippen LogP contribution in [0.1, 0.15) is 39.9 Å². The number of carbonyl (C=O) groups excluding carboxylic acids is 1. The molecular formula is C23H27NO5. The topological polar surface area (TPSA) is 76.1 Å². The number of carboxylic acids is 1. The summed E-state index contributed by atoms with van der Waals surface area (Å²) in [5.74, 6) is 0.340. The second kappa shape index (κ2) is 8.99. The number of ether oxygens (including phenoxy) is 2. The van der Waals surface area contributed by atoms with Gasteiger partial charge in [-0.2, -0.15) is 0 Å². The Kier molecular flexibility index (Phi) is 6.42. The molecule has 1 saturated heterocycles. The molecule has 29 heavy (non-hydrogen) atoms. The molecule has 3 rings (SSSR count). The fourth-order valence-electron chi connectivity index (χ4n) is 3.60. The molecule has 0 saturated carbocycles. The summed E-state index contributed by atoms with van der Waals surface area (Å²) in [6.45, 7) is 6.58. The number of amides is 1. The van der Waals surface area contributed by atoms with Gasteiger partial charge in [-0.05, 0) is 56.2 Å². The van der Waals surface area contributed by atoms with Gasteiger partial charge < -0.3 is 19.5 Å². The number of piperidine rings is 1. The number of benzene rings is 2. The fraction of sp³-hybridized carbons (Fsp3) is 0.391. The Balaban J connectivity index is 1.60. The molecule has 0 unspecified atom stereocenters. The lowest BCUT2D eigenvalue weighted by molar-refractivity contribution is -0.139. The Bertz CT molecular complexity index is 860. The van der Waals surface area contributed by atoms with Gasteiger partial charge in [-0.15, -0.1) is 0 Å². The van der Waals surface area contributed by atoms with Crippen LogP contribution in [0.15, 0.2) is 36.4 Å². The number of rotatable bonds is 6. The number of aryl methyl sites for hydroxylation is 3. The summed E-state index contributed by atoms with van der Waals surface area (Å²) >= 11 is 0. The summed E-state index contributed by atoms with van der Waals surface area (Å²) in [4.78, 5) is 25.5. The van der Waals surface area contributed by atoms with Crippen molar-refractivity contribution < 1.29 is 24.2 Å². The molecule has 1 fully saturated rings. The second-order valence-corrected chi connectivity index (χ2v) is 7.54. The van der Waals surface area contributed by atoms with E-state index in [1.165, 1.54) is 5.56 Å². The van der Waals surface area contributed by atoms with Gasteiger partial charge in [0.25, 0.3) is 5.91 Å².